The Hall–Kier alpha value is -2.54. The summed E-state index contributed by atoms with van der Waals surface area (Å²) in [6.45, 7) is 0.305. The van der Waals surface area contributed by atoms with Gasteiger partial charge in [-0.2, -0.15) is 0 Å². The molecule has 5 rings (SSSR count). The van der Waals surface area contributed by atoms with E-state index >= 15 is 0 Å². The Balaban J connectivity index is 1.34. The molecule has 0 radical (unpaired) electrons. The quantitative estimate of drug-likeness (QED) is 0.255. The summed E-state index contributed by atoms with van der Waals surface area (Å²) in [5.74, 6) is -0.876. The molecule has 1 fully saturated rings. The van der Waals surface area contributed by atoms with E-state index in [9.17, 15) is 9.90 Å². The minimum absolute atomic E-state index is 0.305. The van der Waals surface area contributed by atoms with Crippen LogP contribution in [0.5, 0.6) is 0 Å². The first kappa shape index (κ1) is 21.3. The van der Waals surface area contributed by atoms with Gasteiger partial charge in [-0.05, 0) is 66.5 Å². The van der Waals surface area contributed by atoms with Crippen LogP contribution in [0.2, 0.25) is 10.0 Å². The number of halogens is 2. The first-order chi connectivity index (χ1) is 15.5. The highest BCUT2D eigenvalue weighted by molar-refractivity contribution is 7.16. The van der Waals surface area contributed by atoms with Crippen molar-refractivity contribution in [1.29, 1.82) is 0 Å². The molecule has 164 valence electrons. The Morgan fingerprint density at radius 3 is 2.78 bits per heavy atom. The largest absolute Gasteiger partial charge is 0.481 e. The number of carboxylic acids is 1. The molecule has 1 atom stereocenters. The van der Waals surface area contributed by atoms with E-state index in [1.807, 2.05) is 42.6 Å². The van der Waals surface area contributed by atoms with E-state index in [0.717, 1.165) is 45.7 Å². The summed E-state index contributed by atoms with van der Waals surface area (Å²) in [6.07, 6.45) is 4.63. The molecule has 0 saturated heterocycles. The minimum Gasteiger partial charge on any atom is -0.481 e. The number of rotatable bonds is 8. The van der Waals surface area contributed by atoms with Crippen LogP contribution in [0, 0.1) is 5.92 Å². The standard InChI is InChI=1S/C24H21Cl2N3O2S/c25-18-5-4-16(11-19(18)26)21-22(14-2-3-14)32-24(29-21)28-12-17(23(30)31)10-13-1-6-20-15(9-13)7-8-27-20/h1,4-9,11,14,17,27H,2-3,10,12H2,(H,28,29)(H,30,31). The van der Waals surface area contributed by atoms with Gasteiger partial charge in [0.05, 0.1) is 21.7 Å². The zero-order valence-electron chi connectivity index (χ0n) is 17.1. The fourth-order valence-electron chi connectivity index (χ4n) is 3.85. The van der Waals surface area contributed by atoms with Crippen LogP contribution in [0.25, 0.3) is 22.2 Å². The van der Waals surface area contributed by atoms with Crippen molar-refractivity contribution in [2.45, 2.75) is 25.2 Å². The van der Waals surface area contributed by atoms with E-state index in [2.05, 4.69) is 10.3 Å². The van der Waals surface area contributed by atoms with E-state index in [4.69, 9.17) is 28.2 Å². The van der Waals surface area contributed by atoms with Gasteiger partial charge in [0.25, 0.3) is 0 Å². The number of aromatic nitrogens is 2. The maximum absolute atomic E-state index is 11.9. The summed E-state index contributed by atoms with van der Waals surface area (Å²) >= 11 is 13.9. The second-order valence-electron chi connectivity index (χ2n) is 8.15. The molecule has 0 spiro atoms. The molecule has 2 aromatic carbocycles. The molecule has 0 aliphatic heterocycles. The van der Waals surface area contributed by atoms with Crippen molar-refractivity contribution < 1.29 is 9.90 Å². The van der Waals surface area contributed by atoms with Crippen molar-refractivity contribution in [2.24, 2.45) is 5.92 Å². The third-order valence-electron chi connectivity index (χ3n) is 5.74. The maximum atomic E-state index is 11.9. The summed E-state index contributed by atoms with van der Waals surface area (Å²) in [5, 5.41) is 15.9. The van der Waals surface area contributed by atoms with Gasteiger partial charge >= 0.3 is 5.97 Å². The Morgan fingerprint density at radius 1 is 1.19 bits per heavy atom. The third kappa shape index (κ3) is 4.49. The fourth-order valence-corrected chi connectivity index (χ4v) is 5.31. The molecule has 1 aliphatic rings. The summed E-state index contributed by atoms with van der Waals surface area (Å²) in [4.78, 5) is 21.1. The second-order valence-corrected chi connectivity index (χ2v) is 10.00. The van der Waals surface area contributed by atoms with Crippen LogP contribution in [-0.2, 0) is 11.2 Å². The molecular formula is C24H21Cl2N3O2S. The number of aliphatic carboxylic acids is 1. The number of thiazole rings is 1. The lowest BCUT2D eigenvalue weighted by Gasteiger charge is -2.13. The van der Waals surface area contributed by atoms with Crippen molar-refractivity contribution in [3.05, 3.63) is 69.1 Å². The monoisotopic (exact) mass is 485 g/mol. The number of carbonyl (C=O) groups is 1. The fraction of sp³-hybridized carbons (Fsp3) is 0.250. The number of nitrogens with one attached hydrogen (secondary N) is 2. The Kier molecular flexibility index (Phi) is 5.84. The third-order valence-corrected chi connectivity index (χ3v) is 7.66. The summed E-state index contributed by atoms with van der Waals surface area (Å²) in [7, 11) is 0. The van der Waals surface area contributed by atoms with Gasteiger partial charge in [0, 0.05) is 28.7 Å². The lowest BCUT2D eigenvalue weighted by molar-refractivity contribution is -0.141. The molecule has 1 saturated carbocycles. The van der Waals surface area contributed by atoms with Crippen LogP contribution in [0.15, 0.2) is 48.7 Å². The lowest BCUT2D eigenvalue weighted by atomic mass is 9.98. The van der Waals surface area contributed by atoms with Crippen LogP contribution in [0.3, 0.4) is 0 Å². The molecular weight excluding hydrogens is 465 g/mol. The predicted octanol–water partition coefficient (Wildman–Crippen LogP) is 6.83. The van der Waals surface area contributed by atoms with Crippen LogP contribution >= 0.6 is 34.5 Å². The molecule has 4 aromatic rings. The van der Waals surface area contributed by atoms with E-state index in [1.54, 1.807) is 17.4 Å². The van der Waals surface area contributed by atoms with Gasteiger partial charge in [0.2, 0.25) is 0 Å². The van der Waals surface area contributed by atoms with Crippen molar-refractivity contribution in [3.63, 3.8) is 0 Å². The molecule has 3 N–H and O–H groups in total. The van der Waals surface area contributed by atoms with Crippen molar-refractivity contribution in [2.75, 3.05) is 11.9 Å². The van der Waals surface area contributed by atoms with Gasteiger partial charge in [-0.15, -0.1) is 11.3 Å². The Morgan fingerprint density at radius 2 is 2.03 bits per heavy atom. The zero-order valence-corrected chi connectivity index (χ0v) is 19.4. The van der Waals surface area contributed by atoms with E-state index in [0.29, 0.717) is 28.9 Å². The first-order valence-corrected chi connectivity index (χ1v) is 12.0. The number of hydrogen-bond donors (Lipinski definition) is 3. The Bertz CT molecular complexity index is 1300. The number of carboxylic acid groups (broad SMARTS) is 1. The van der Waals surface area contributed by atoms with E-state index in [-0.39, 0.29) is 0 Å². The highest BCUT2D eigenvalue weighted by Crippen LogP contribution is 2.48. The number of benzene rings is 2. The van der Waals surface area contributed by atoms with Gasteiger partial charge < -0.3 is 15.4 Å². The highest BCUT2D eigenvalue weighted by atomic mass is 35.5. The molecule has 1 aliphatic carbocycles. The molecule has 2 heterocycles. The van der Waals surface area contributed by atoms with Gasteiger partial charge in [-0.1, -0.05) is 35.3 Å². The van der Waals surface area contributed by atoms with Gasteiger partial charge in [-0.3, -0.25) is 4.79 Å². The summed E-state index contributed by atoms with van der Waals surface area (Å²) < 4.78 is 0. The molecule has 8 heteroatoms. The van der Waals surface area contributed by atoms with Crippen LogP contribution in [-0.4, -0.2) is 27.6 Å². The summed E-state index contributed by atoms with van der Waals surface area (Å²) in [6, 6.07) is 13.5. The lowest BCUT2D eigenvalue weighted by Crippen LogP contribution is -2.25. The van der Waals surface area contributed by atoms with E-state index in [1.165, 1.54) is 4.88 Å². The van der Waals surface area contributed by atoms with Crippen molar-refractivity contribution >= 4 is 56.5 Å². The number of nitrogens with zero attached hydrogens (tertiary/aromatic N) is 1. The molecule has 1 unspecified atom stereocenters. The minimum atomic E-state index is -0.824. The smallest absolute Gasteiger partial charge is 0.308 e. The normalized spacial score (nSPS) is 14.6. The van der Waals surface area contributed by atoms with Crippen LogP contribution in [0.4, 0.5) is 5.13 Å². The van der Waals surface area contributed by atoms with Crippen LogP contribution in [0.1, 0.15) is 29.2 Å². The molecule has 5 nitrogen and oxygen atoms in total. The average molecular weight is 486 g/mol. The molecule has 32 heavy (non-hydrogen) atoms. The Labute approximate surface area is 199 Å². The first-order valence-electron chi connectivity index (χ1n) is 10.5. The zero-order chi connectivity index (χ0) is 22.2. The number of fused-ring (bicyclic) bond motifs is 1. The van der Waals surface area contributed by atoms with Crippen molar-refractivity contribution in [3.8, 4) is 11.3 Å². The highest BCUT2D eigenvalue weighted by Gasteiger charge is 2.30. The van der Waals surface area contributed by atoms with E-state index < -0.39 is 11.9 Å². The molecule has 2 aromatic heterocycles. The second kappa shape index (κ2) is 8.77. The van der Waals surface area contributed by atoms with Crippen LogP contribution < -0.4 is 5.32 Å². The SMILES string of the molecule is O=C(O)C(CNc1nc(-c2ccc(Cl)c(Cl)c2)c(C2CC2)s1)Cc1ccc2[nH]ccc2c1. The molecule has 0 amide bonds. The average Bonchev–Trinajstić information content (AvgIpc) is 3.36. The van der Waals surface area contributed by atoms with Gasteiger partial charge in [0.1, 0.15) is 0 Å². The van der Waals surface area contributed by atoms with Gasteiger partial charge in [-0.25, -0.2) is 4.98 Å². The predicted molar refractivity (Wildman–Crippen MR) is 131 cm³/mol. The summed E-state index contributed by atoms with van der Waals surface area (Å²) in [5.41, 5.74) is 3.88. The topological polar surface area (TPSA) is 78.0 Å². The maximum Gasteiger partial charge on any atom is 0.308 e. The number of anilines is 1. The van der Waals surface area contributed by atoms with Gasteiger partial charge in [0.15, 0.2) is 5.13 Å². The number of H-pyrrole nitrogens is 1. The number of aromatic amines is 1. The molecule has 0 bridgehead atoms. The number of hydrogen-bond acceptors (Lipinski definition) is 4. The van der Waals surface area contributed by atoms with Crippen molar-refractivity contribution in [1.82, 2.24) is 9.97 Å².